The van der Waals surface area contributed by atoms with Crippen LogP contribution in [0, 0.1) is 11.8 Å². The van der Waals surface area contributed by atoms with Crippen molar-refractivity contribution in [3.63, 3.8) is 0 Å². The highest BCUT2D eigenvalue weighted by Gasteiger charge is 2.21. The summed E-state index contributed by atoms with van der Waals surface area (Å²) in [6.07, 6.45) is 0.383. The monoisotopic (exact) mass is 319 g/mol. The maximum atomic E-state index is 10.3. The van der Waals surface area contributed by atoms with E-state index in [0.717, 1.165) is 16.5 Å². The molecule has 1 aromatic rings. The largest absolute Gasteiger partial charge is 0.388 e. The van der Waals surface area contributed by atoms with E-state index < -0.39 is 6.10 Å². The Labute approximate surface area is 116 Å². The van der Waals surface area contributed by atoms with Crippen LogP contribution in [0.1, 0.15) is 31.9 Å². The smallest absolute Gasteiger partial charge is 0.0830 e. The molecule has 2 atom stereocenters. The quantitative estimate of drug-likeness (QED) is 0.868. The number of aliphatic hydroxyl groups is 1. The maximum absolute atomic E-state index is 10.3. The molecule has 0 fully saturated rings. The van der Waals surface area contributed by atoms with E-state index in [0.29, 0.717) is 17.5 Å². The minimum atomic E-state index is -0.532. The Hall–Kier alpha value is -0.0900. The van der Waals surface area contributed by atoms with Crippen molar-refractivity contribution in [2.24, 2.45) is 17.6 Å². The molecule has 17 heavy (non-hydrogen) atoms. The van der Waals surface area contributed by atoms with Crippen molar-refractivity contribution in [3.8, 4) is 0 Å². The van der Waals surface area contributed by atoms with Crippen LogP contribution in [-0.4, -0.2) is 11.7 Å². The van der Waals surface area contributed by atoms with Crippen LogP contribution in [0.5, 0.6) is 0 Å². The number of hydrogen-bond acceptors (Lipinski definition) is 2. The van der Waals surface area contributed by atoms with E-state index in [1.165, 1.54) is 0 Å². The van der Waals surface area contributed by atoms with Gasteiger partial charge in [-0.2, -0.15) is 0 Å². The number of nitrogens with two attached hydrogens (primary N) is 1. The Kier molecular flexibility index (Phi) is 5.93. The zero-order chi connectivity index (χ0) is 13.0. The zero-order valence-corrected chi connectivity index (χ0v) is 12.5. The molecule has 1 rings (SSSR count). The Morgan fingerprint density at radius 2 is 2.06 bits per heavy atom. The van der Waals surface area contributed by atoms with E-state index in [9.17, 15) is 5.11 Å². The lowest BCUT2D eigenvalue weighted by Crippen LogP contribution is -2.23. The third-order valence-electron chi connectivity index (χ3n) is 2.81. The number of aliphatic hydroxyl groups excluding tert-OH is 1. The van der Waals surface area contributed by atoms with Gasteiger partial charge in [0.05, 0.1) is 11.1 Å². The first-order chi connectivity index (χ1) is 7.95. The Morgan fingerprint density at radius 3 is 2.53 bits per heavy atom. The van der Waals surface area contributed by atoms with Crippen LogP contribution >= 0.6 is 27.5 Å². The summed E-state index contributed by atoms with van der Waals surface area (Å²) >= 11 is 9.29. The summed E-state index contributed by atoms with van der Waals surface area (Å²) in [5.41, 5.74) is 6.59. The predicted molar refractivity (Wildman–Crippen MR) is 76.1 cm³/mol. The summed E-state index contributed by atoms with van der Waals surface area (Å²) in [4.78, 5) is 0. The molecule has 0 saturated heterocycles. The lowest BCUT2D eigenvalue weighted by atomic mass is 9.88. The molecular weight excluding hydrogens is 302 g/mol. The van der Waals surface area contributed by atoms with Crippen molar-refractivity contribution >= 4 is 27.5 Å². The van der Waals surface area contributed by atoms with Crippen molar-refractivity contribution in [1.29, 1.82) is 0 Å². The van der Waals surface area contributed by atoms with Crippen molar-refractivity contribution in [2.45, 2.75) is 26.4 Å². The first-order valence-electron chi connectivity index (χ1n) is 5.78. The Bertz CT molecular complexity index is 370. The van der Waals surface area contributed by atoms with Gasteiger partial charge >= 0.3 is 0 Å². The predicted octanol–water partition coefficient (Wildman–Crippen LogP) is 3.76. The fraction of sp³-hybridized carbons (Fsp3) is 0.538. The van der Waals surface area contributed by atoms with Crippen LogP contribution in [0.4, 0.5) is 0 Å². The topological polar surface area (TPSA) is 46.2 Å². The molecule has 2 unspecified atom stereocenters. The number of hydrogen-bond donors (Lipinski definition) is 2. The van der Waals surface area contributed by atoms with E-state index in [1.807, 2.05) is 12.1 Å². The zero-order valence-electron chi connectivity index (χ0n) is 10.2. The van der Waals surface area contributed by atoms with E-state index in [-0.39, 0.29) is 5.92 Å². The summed E-state index contributed by atoms with van der Waals surface area (Å²) in [5, 5.41) is 10.9. The maximum Gasteiger partial charge on any atom is 0.0830 e. The molecule has 4 heteroatoms. The summed E-state index contributed by atoms with van der Waals surface area (Å²) in [5.74, 6) is 0.608. The highest BCUT2D eigenvalue weighted by atomic mass is 79.9. The molecule has 1 aromatic carbocycles. The van der Waals surface area contributed by atoms with E-state index in [1.54, 1.807) is 6.07 Å². The van der Waals surface area contributed by atoms with Crippen LogP contribution in [0.25, 0.3) is 0 Å². The second kappa shape index (κ2) is 6.74. The average molecular weight is 321 g/mol. The molecule has 0 aliphatic heterocycles. The lowest BCUT2D eigenvalue weighted by molar-refractivity contribution is 0.0994. The minimum absolute atomic E-state index is 0.0862. The normalized spacial score (nSPS) is 15.0. The van der Waals surface area contributed by atoms with Gasteiger partial charge in [0.1, 0.15) is 0 Å². The standard InChI is InChI=1S/C13H19BrClNO/c1-8(2)5-10(7-16)13(17)9-3-4-12(15)11(14)6-9/h3-4,6,8,10,13,17H,5,7,16H2,1-2H3. The molecule has 0 heterocycles. The SMILES string of the molecule is CC(C)CC(CN)C(O)c1ccc(Cl)c(Br)c1. The van der Waals surface area contributed by atoms with Gasteiger partial charge in [-0.15, -0.1) is 0 Å². The number of halogens is 2. The van der Waals surface area contributed by atoms with Gasteiger partial charge in [-0.25, -0.2) is 0 Å². The van der Waals surface area contributed by atoms with Crippen LogP contribution < -0.4 is 5.73 Å². The van der Waals surface area contributed by atoms with Gasteiger partial charge in [0.15, 0.2) is 0 Å². The average Bonchev–Trinajstić information content (AvgIpc) is 2.28. The van der Waals surface area contributed by atoms with E-state index >= 15 is 0 Å². The molecular formula is C13H19BrClNO. The second-order valence-electron chi connectivity index (χ2n) is 4.74. The molecule has 0 saturated carbocycles. The molecule has 0 aliphatic rings. The van der Waals surface area contributed by atoms with Crippen LogP contribution in [0.3, 0.4) is 0 Å². The van der Waals surface area contributed by atoms with Gasteiger partial charge in [0.25, 0.3) is 0 Å². The van der Waals surface area contributed by atoms with Gasteiger partial charge in [0, 0.05) is 10.4 Å². The van der Waals surface area contributed by atoms with Crippen molar-refractivity contribution in [3.05, 3.63) is 33.3 Å². The van der Waals surface area contributed by atoms with E-state index in [2.05, 4.69) is 29.8 Å². The molecule has 3 N–H and O–H groups in total. The number of benzene rings is 1. The molecule has 0 spiro atoms. The summed E-state index contributed by atoms with van der Waals surface area (Å²) in [6, 6.07) is 5.49. The van der Waals surface area contributed by atoms with E-state index in [4.69, 9.17) is 17.3 Å². The summed E-state index contributed by atoms with van der Waals surface area (Å²) in [6.45, 7) is 4.75. The molecule has 0 bridgehead atoms. The van der Waals surface area contributed by atoms with Crippen molar-refractivity contribution < 1.29 is 5.11 Å². The van der Waals surface area contributed by atoms with Gasteiger partial charge in [-0.3, -0.25) is 0 Å². The van der Waals surface area contributed by atoms with Gasteiger partial charge in [-0.05, 0) is 52.5 Å². The summed E-state index contributed by atoms with van der Waals surface area (Å²) in [7, 11) is 0. The highest BCUT2D eigenvalue weighted by Crippen LogP contribution is 2.31. The third kappa shape index (κ3) is 4.25. The molecule has 0 amide bonds. The van der Waals surface area contributed by atoms with Gasteiger partial charge in [0.2, 0.25) is 0 Å². The number of rotatable bonds is 5. The third-order valence-corrected chi connectivity index (χ3v) is 4.02. The van der Waals surface area contributed by atoms with Crippen LogP contribution in [-0.2, 0) is 0 Å². The molecule has 0 radical (unpaired) electrons. The van der Waals surface area contributed by atoms with Crippen LogP contribution in [0.15, 0.2) is 22.7 Å². The van der Waals surface area contributed by atoms with Crippen molar-refractivity contribution in [1.82, 2.24) is 0 Å². The minimum Gasteiger partial charge on any atom is -0.388 e. The van der Waals surface area contributed by atoms with Crippen molar-refractivity contribution in [2.75, 3.05) is 6.54 Å². The van der Waals surface area contributed by atoms with Gasteiger partial charge < -0.3 is 10.8 Å². The molecule has 2 nitrogen and oxygen atoms in total. The fourth-order valence-electron chi connectivity index (χ4n) is 1.93. The van der Waals surface area contributed by atoms with Gasteiger partial charge in [-0.1, -0.05) is 31.5 Å². The Morgan fingerprint density at radius 1 is 1.41 bits per heavy atom. The molecule has 0 aliphatic carbocycles. The van der Waals surface area contributed by atoms with Crippen LogP contribution in [0.2, 0.25) is 5.02 Å². The second-order valence-corrected chi connectivity index (χ2v) is 6.01. The Balaban J connectivity index is 2.85. The summed E-state index contributed by atoms with van der Waals surface area (Å²) < 4.78 is 0.802. The first-order valence-corrected chi connectivity index (χ1v) is 6.95. The molecule has 0 aromatic heterocycles. The molecule has 96 valence electrons. The first kappa shape index (κ1) is 15.0. The highest BCUT2D eigenvalue weighted by molar-refractivity contribution is 9.10. The fourth-order valence-corrected chi connectivity index (χ4v) is 2.44. The lowest BCUT2D eigenvalue weighted by Gasteiger charge is -2.23.